The summed E-state index contributed by atoms with van der Waals surface area (Å²) in [7, 11) is 0. The highest BCUT2D eigenvalue weighted by Gasteiger charge is 2.23. The van der Waals surface area contributed by atoms with Gasteiger partial charge in [0.1, 0.15) is 0 Å². The minimum atomic E-state index is -0.373. The number of rotatable bonds is 2. The molecule has 2 aromatic rings. The standard InChI is InChI=1S/C15H19N3O/c1-8-9(2)18-14-12(15(16)19)4-3-11(13(8)14)10-5-6-17-7-10/h3-4,10,17-18H,5-7H2,1-2H3,(H2,16,19)/t10-/m1/s1. The number of hydrogen-bond donors (Lipinski definition) is 3. The molecular formula is C15H19N3O. The smallest absolute Gasteiger partial charge is 0.250 e. The number of fused-ring (bicyclic) bond motifs is 1. The summed E-state index contributed by atoms with van der Waals surface area (Å²) in [6, 6.07) is 3.92. The fraction of sp³-hybridized carbons (Fsp3) is 0.400. The van der Waals surface area contributed by atoms with Crippen LogP contribution in [-0.4, -0.2) is 24.0 Å². The van der Waals surface area contributed by atoms with Crippen LogP contribution in [0.1, 0.15) is 39.5 Å². The molecular weight excluding hydrogens is 238 g/mol. The van der Waals surface area contributed by atoms with Gasteiger partial charge in [0.15, 0.2) is 0 Å². The van der Waals surface area contributed by atoms with Crippen LogP contribution in [0, 0.1) is 13.8 Å². The number of H-pyrrole nitrogens is 1. The second-order valence-electron chi connectivity index (χ2n) is 5.38. The molecule has 1 atom stereocenters. The van der Waals surface area contributed by atoms with Gasteiger partial charge in [0.2, 0.25) is 0 Å². The molecule has 1 amide bonds. The minimum Gasteiger partial charge on any atom is -0.366 e. The summed E-state index contributed by atoms with van der Waals surface area (Å²) in [5.74, 6) is 0.153. The molecule has 1 aliphatic rings. The minimum absolute atomic E-state index is 0.373. The Morgan fingerprint density at radius 1 is 1.37 bits per heavy atom. The lowest BCUT2D eigenvalue weighted by molar-refractivity contribution is 0.100. The van der Waals surface area contributed by atoms with Crippen molar-refractivity contribution in [3.63, 3.8) is 0 Å². The first-order chi connectivity index (χ1) is 9.09. The quantitative estimate of drug-likeness (QED) is 0.769. The van der Waals surface area contributed by atoms with Crippen LogP contribution >= 0.6 is 0 Å². The lowest BCUT2D eigenvalue weighted by Crippen LogP contribution is -2.13. The van der Waals surface area contributed by atoms with Crippen molar-refractivity contribution in [2.45, 2.75) is 26.2 Å². The molecule has 100 valence electrons. The molecule has 1 fully saturated rings. The van der Waals surface area contributed by atoms with E-state index in [0.717, 1.165) is 30.7 Å². The number of hydrogen-bond acceptors (Lipinski definition) is 2. The third-order valence-corrected chi connectivity index (χ3v) is 4.25. The van der Waals surface area contributed by atoms with E-state index in [2.05, 4.69) is 23.3 Å². The topological polar surface area (TPSA) is 70.9 Å². The zero-order valence-corrected chi connectivity index (χ0v) is 11.3. The Bertz CT molecular complexity index is 651. The maximum Gasteiger partial charge on any atom is 0.250 e. The van der Waals surface area contributed by atoms with Crippen molar-refractivity contribution in [3.8, 4) is 0 Å². The molecule has 0 unspecified atom stereocenters. The largest absolute Gasteiger partial charge is 0.366 e. The molecule has 4 nitrogen and oxygen atoms in total. The van der Waals surface area contributed by atoms with Crippen LogP contribution in [0.5, 0.6) is 0 Å². The van der Waals surface area contributed by atoms with Crippen molar-refractivity contribution in [1.82, 2.24) is 10.3 Å². The molecule has 0 saturated carbocycles. The number of aryl methyl sites for hydroxylation is 2. The SMILES string of the molecule is Cc1[nH]c2c(C(N)=O)ccc([C@@H]3CCNC3)c2c1C. The zero-order chi connectivity index (χ0) is 13.6. The van der Waals surface area contributed by atoms with Gasteiger partial charge < -0.3 is 16.0 Å². The van der Waals surface area contributed by atoms with Crippen LogP contribution in [0.3, 0.4) is 0 Å². The molecule has 1 aliphatic heterocycles. The molecule has 19 heavy (non-hydrogen) atoms. The van der Waals surface area contributed by atoms with E-state index in [0.29, 0.717) is 11.5 Å². The zero-order valence-electron chi connectivity index (χ0n) is 11.3. The summed E-state index contributed by atoms with van der Waals surface area (Å²) < 4.78 is 0. The maximum atomic E-state index is 11.6. The summed E-state index contributed by atoms with van der Waals surface area (Å²) >= 11 is 0. The Balaban J connectivity index is 2.29. The third-order valence-electron chi connectivity index (χ3n) is 4.25. The summed E-state index contributed by atoms with van der Waals surface area (Å²) in [5, 5.41) is 4.58. The number of carbonyl (C=O) groups is 1. The molecule has 0 bridgehead atoms. The monoisotopic (exact) mass is 257 g/mol. The van der Waals surface area contributed by atoms with E-state index < -0.39 is 0 Å². The van der Waals surface area contributed by atoms with Gasteiger partial charge in [-0.2, -0.15) is 0 Å². The van der Waals surface area contributed by atoms with Gasteiger partial charge in [-0.3, -0.25) is 4.79 Å². The van der Waals surface area contributed by atoms with Gasteiger partial charge in [-0.1, -0.05) is 6.07 Å². The first-order valence-corrected chi connectivity index (χ1v) is 6.72. The normalized spacial score (nSPS) is 19.2. The van der Waals surface area contributed by atoms with E-state index in [1.807, 2.05) is 13.0 Å². The van der Waals surface area contributed by atoms with Crippen LogP contribution in [-0.2, 0) is 0 Å². The van der Waals surface area contributed by atoms with Gasteiger partial charge in [0.25, 0.3) is 5.91 Å². The Hall–Kier alpha value is -1.81. The van der Waals surface area contributed by atoms with Crippen molar-refractivity contribution < 1.29 is 4.79 Å². The van der Waals surface area contributed by atoms with Gasteiger partial charge in [-0.15, -0.1) is 0 Å². The van der Waals surface area contributed by atoms with Crippen LogP contribution in [0.2, 0.25) is 0 Å². The average Bonchev–Trinajstić information content (AvgIpc) is 2.98. The highest BCUT2D eigenvalue weighted by Crippen LogP contribution is 2.34. The summed E-state index contributed by atoms with van der Waals surface area (Å²) in [5.41, 5.74) is 10.6. The summed E-state index contributed by atoms with van der Waals surface area (Å²) in [6.07, 6.45) is 1.15. The first kappa shape index (κ1) is 12.2. The molecule has 4 N–H and O–H groups in total. The van der Waals surface area contributed by atoms with Gasteiger partial charge in [0, 0.05) is 17.6 Å². The molecule has 1 aromatic carbocycles. The Morgan fingerprint density at radius 3 is 2.79 bits per heavy atom. The molecule has 3 rings (SSSR count). The lowest BCUT2D eigenvalue weighted by atomic mass is 9.91. The molecule has 0 radical (unpaired) electrons. The maximum absolute atomic E-state index is 11.6. The van der Waals surface area contributed by atoms with E-state index in [-0.39, 0.29) is 5.91 Å². The lowest BCUT2D eigenvalue weighted by Gasteiger charge is -2.12. The van der Waals surface area contributed by atoms with Crippen LogP contribution < -0.4 is 11.1 Å². The van der Waals surface area contributed by atoms with Crippen LogP contribution in [0.15, 0.2) is 12.1 Å². The number of amides is 1. The number of nitrogens with two attached hydrogens (primary N) is 1. The van der Waals surface area contributed by atoms with Crippen LogP contribution in [0.4, 0.5) is 0 Å². The number of aromatic amines is 1. The van der Waals surface area contributed by atoms with E-state index in [1.165, 1.54) is 16.5 Å². The van der Waals surface area contributed by atoms with Crippen molar-refractivity contribution in [2.24, 2.45) is 5.73 Å². The van der Waals surface area contributed by atoms with Gasteiger partial charge in [-0.25, -0.2) is 0 Å². The number of aromatic nitrogens is 1. The van der Waals surface area contributed by atoms with Crippen molar-refractivity contribution in [2.75, 3.05) is 13.1 Å². The molecule has 1 saturated heterocycles. The second kappa shape index (κ2) is 4.38. The van der Waals surface area contributed by atoms with E-state index in [4.69, 9.17) is 5.73 Å². The van der Waals surface area contributed by atoms with E-state index in [1.54, 1.807) is 0 Å². The fourth-order valence-electron chi connectivity index (χ4n) is 3.09. The Labute approximate surface area is 112 Å². The van der Waals surface area contributed by atoms with Gasteiger partial charge in [0.05, 0.1) is 11.1 Å². The van der Waals surface area contributed by atoms with Gasteiger partial charge in [-0.05, 0) is 49.9 Å². The molecule has 1 aromatic heterocycles. The number of nitrogens with one attached hydrogen (secondary N) is 2. The fourth-order valence-corrected chi connectivity index (χ4v) is 3.09. The molecule has 2 heterocycles. The molecule has 0 aliphatic carbocycles. The number of primary amides is 1. The van der Waals surface area contributed by atoms with Crippen LogP contribution in [0.25, 0.3) is 10.9 Å². The summed E-state index contributed by atoms with van der Waals surface area (Å²) in [6.45, 7) is 6.21. The predicted octanol–water partition coefficient (Wildman–Crippen LogP) is 1.96. The summed E-state index contributed by atoms with van der Waals surface area (Å²) in [4.78, 5) is 14.9. The third kappa shape index (κ3) is 1.83. The number of benzene rings is 1. The Kier molecular flexibility index (Phi) is 2.82. The van der Waals surface area contributed by atoms with Gasteiger partial charge >= 0.3 is 0 Å². The van der Waals surface area contributed by atoms with Crippen molar-refractivity contribution in [1.29, 1.82) is 0 Å². The highest BCUT2D eigenvalue weighted by atomic mass is 16.1. The highest BCUT2D eigenvalue weighted by molar-refractivity contribution is 6.07. The average molecular weight is 257 g/mol. The second-order valence-corrected chi connectivity index (χ2v) is 5.38. The molecule has 0 spiro atoms. The van der Waals surface area contributed by atoms with Crippen molar-refractivity contribution in [3.05, 3.63) is 34.5 Å². The van der Waals surface area contributed by atoms with E-state index >= 15 is 0 Å². The Morgan fingerprint density at radius 2 is 2.16 bits per heavy atom. The predicted molar refractivity (Wildman–Crippen MR) is 76.5 cm³/mol. The number of carbonyl (C=O) groups excluding carboxylic acids is 1. The van der Waals surface area contributed by atoms with Crippen molar-refractivity contribution >= 4 is 16.8 Å². The molecule has 4 heteroatoms. The van der Waals surface area contributed by atoms with E-state index in [9.17, 15) is 4.79 Å². The first-order valence-electron chi connectivity index (χ1n) is 6.72.